The molecule has 0 saturated carbocycles. The van der Waals surface area contributed by atoms with E-state index in [2.05, 4.69) is 36.8 Å². The third-order valence-electron chi connectivity index (χ3n) is 1.05. The van der Waals surface area contributed by atoms with Gasteiger partial charge in [-0.2, -0.15) is 8.42 Å². The zero-order valence-electron chi connectivity index (χ0n) is 5.46. The van der Waals surface area contributed by atoms with E-state index < -0.39 is 15.1 Å². The molecule has 0 bridgehead atoms. The van der Waals surface area contributed by atoms with Crippen LogP contribution in [0.4, 0.5) is 3.89 Å². The third kappa shape index (κ3) is 2.02. The lowest BCUT2D eigenvalue weighted by Gasteiger charge is -1.99. The molecule has 66 valence electrons. The maximum absolute atomic E-state index is 12.5. The fourth-order valence-electron chi connectivity index (χ4n) is 0.632. The summed E-state index contributed by atoms with van der Waals surface area (Å²) >= 11 is 5.74. The van der Waals surface area contributed by atoms with Gasteiger partial charge in [0.05, 0.1) is 8.95 Å². The van der Waals surface area contributed by atoms with Crippen LogP contribution in [0.3, 0.4) is 0 Å². The monoisotopic (exact) mass is 317 g/mol. The van der Waals surface area contributed by atoms with Crippen LogP contribution in [0.1, 0.15) is 0 Å². The normalized spacial score (nSPS) is 11.6. The molecule has 0 saturated heterocycles. The number of rotatable bonds is 1. The molecule has 0 aromatic carbocycles. The first-order valence-electron chi connectivity index (χ1n) is 2.66. The summed E-state index contributed by atoms with van der Waals surface area (Å²) in [6.45, 7) is 0. The van der Waals surface area contributed by atoms with Gasteiger partial charge in [-0.1, -0.05) is 0 Å². The van der Waals surface area contributed by atoms with E-state index in [9.17, 15) is 12.3 Å². The van der Waals surface area contributed by atoms with E-state index in [1.54, 1.807) is 0 Å². The van der Waals surface area contributed by atoms with Crippen LogP contribution in [-0.4, -0.2) is 13.4 Å². The summed E-state index contributed by atoms with van der Waals surface area (Å²) in [6, 6.07) is 0. The van der Waals surface area contributed by atoms with Gasteiger partial charge in [0.25, 0.3) is 0 Å². The highest BCUT2D eigenvalue weighted by atomic mass is 79.9. The molecule has 7 heteroatoms. The Morgan fingerprint density at radius 2 is 1.67 bits per heavy atom. The molecule has 0 unspecified atom stereocenters. The highest BCUT2D eigenvalue weighted by molar-refractivity contribution is 9.11. The lowest BCUT2D eigenvalue weighted by molar-refractivity contribution is 0.550. The Hall–Kier alpha value is -0.0100. The van der Waals surface area contributed by atoms with E-state index in [4.69, 9.17) is 0 Å². The smallest absolute Gasteiger partial charge is 0.262 e. The molecule has 0 aliphatic rings. The molecule has 0 fully saturated rings. The topological polar surface area (TPSA) is 47.0 Å². The molecule has 12 heavy (non-hydrogen) atoms. The molecule has 0 N–H and O–H groups in total. The van der Waals surface area contributed by atoms with Crippen molar-refractivity contribution in [2.75, 3.05) is 0 Å². The van der Waals surface area contributed by atoms with Gasteiger partial charge in [0.1, 0.15) is 4.90 Å². The molecule has 1 aromatic rings. The SMILES string of the molecule is O=S(=O)(F)c1c(Br)cncc1Br. The Balaban J connectivity index is 3.53. The molecular weight excluding hydrogens is 317 g/mol. The molecule has 3 nitrogen and oxygen atoms in total. The van der Waals surface area contributed by atoms with Crippen LogP contribution in [0, 0.1) is 0 Å². The van der Waals surface area contributed by atoms with E-state index in [0.29, 0.717) is 0 Å². The molecular formula is C5H2Br2FNO2S. The number of hydrogen-bond acceptors (Lipinski definition) is 3. The number of nitrogens with zero attached hydrogens (tertiary/aromatic N) is 1. The standard InChI is InChI=1S/C5H2Br2FNO2S/c6-3-1-9-2-4(7)5(3)12(8,10)11/h1-2H. The Kier molecular flexibility index (Phi) is 2.84. The van der Waals surface area contributed by atoms with Crippen LogP contribution in [0.15, 0.2) is 26.2 Å². The second-order valence-corrected chi connectivity index (χ2v) is 4.86. The van der Waals surface area contributed by atoms with Crippen LogP contribution in [0.2, 0.25) is 0 Å². The Bertz CT molecular complexity index is 386. The minimum atomic E-state index is -4.70. The molecule has 0 radical (unpaired) electrons. The first-order valence-corrected chi connectivity index (χ1v) is 5.63. The fraction of sp³-hybridized carbons (Fsp3) is 0. The summed E-state index contributed by atoms with van der Waals surface area (Å²) in [5.74, 6) is 0. The lowest BCUT2D eigenvalue weighted by atomic mass is 10.5. The molecule has 1 rings (SSSR count). The van der Waals surface area contributed by atoms with Crippen molar-refractivity contribution in [3.8, 4) is 0 Å². The van der Waals surface area contributed by atoms with Crippen molar-refractivity contribution >= 4 is 42.1 Å². The fourth-order valence-corrected chi connectivity index (χ4v) is 3.29. The van der Waals surface area contributed by atoms with Crippen molar-refractivity contribution in [1.29, 1.82) is 0 Å². The van der Waals surface area contributed by atoms with Gasteiger partial charge in [0.15, 0.2) is 0 Å². The minimum Gasteiger partial charge on any atom is -0.262 e. The van der Waals surface area contributed by atoms with Gasteiger partial charge in [-0.15, -0.1) is 3.89 Å². The molecule has 1 heterocycles. The van der Waals surface area contributed by atoms with Gasteiger partial charge in [-0.25, -0.2) is 0 Å². The van der Waals surface area contributed by atoms with Crippen LogP contribution in [0.5, 0.6) is 0 Å². The van der Waals surface area contributed by atoms with Gasteiger partial charge < -0.3 is 0 Å². The lowest BCUT2D eigenvalue weighted by Crippen LogP contribution is -1.95. The van der Waals surface area contributed by atoms with Crippen LogP contribution in [0.25, 0.3) is 0 Å². The average molecular weight is 319 g/mol. The maximum atomic E-state index is 12.5. The average Bonchev–Trinajstić information content (AvgIpc) is 1.82. The zero-order valence-corrected chi connectivity index (χ0v) is 9.45. The van der Waals surface area contributed by atoms with E-state index in [-0.39, 0.29) is 8.95 Å². The Morgan fingerprint density at radius 3 is 1.92 bits per heavy atom. The predicted molar refractivity (Wildman–Crippen MR) is 47.9 cm³/mol. The second kappa shape index (κ2) is 3.39. The predicted octanol–water partition coefficient (Wildman–Crippen LogP) is 2.26. The van der Waals surface area contributed by atoms with Gasteiger partial charge in [0, 0.05) is 12.4 Å². The van der Waals surface area contributed by atoms with Gasteiger partial charge in [-0.05, 0) is 31.9 Å². The van der Waals surface area contributed by atoms with Crippen molar-refractivity contribution in [3.63, 3.8) is 0 Å². The summed E-state index contributed by atoms with van der Waals surface area (Å²) in [4.78, 5) is 3.20. The summed E-state index contributed by atoms with van der Waals surface area (Å²) in [5.41, 5.74) is 0. The zero-order chi connectivity index (χ0) is 9.35. The molecule has 0 aliphatic heterocycles. The molecule has 0 atom stereocenters. The largest absolute Gasteiger partial charge is 0.334 e. The Morgan fingerprint density at radius 1 is 1.25 bits per heavy atom. The van der Waals surface area contributed by atoms with Gasteiger partial charge in [-0.3, -0.25) is 4.98 Å². The Labute approximate surface area is 85.5 Å². The van der Waals surface area contributed by atoms with Crippen LogP contribution in [-0.2, 0) is 10.2 Å². The summed E-state index contributed by atoms with van der Waals surface area (Å²) in [5, 5.41) is 0. The van der Waals surface area contributed by atoms with E-state index >= 15 is 0 Å². The van der Waals surface area contributed by atoms with Crippen molar-refractivity contribution in [2.24, 2.45) is 0 Å². The highest BCUT2D eigenvalue weighted by Crippen LogP contribution is 2.29. The van der Waals surface area contributed by atoms with Gasteiger partial charge >= 0.3 is 10.2 Å². The molecule has 1 aromatic heterocycles. The number of pyridine rings is 1. The maximum Gasteiger partial charge on any atom is 0.334 e. The molecule has 0 spiro atoms. The summed E-state index contributed by atoms with van der Waals surface area (Å²) in [7, 11) is -4.70. The van der Waals surface area contributed by atoms with Crippen molar-refractivity contribution in [3.05, 3.63) is 21.3 Å². The first kappa shape index (κ1) is 10.1. The third-order valence-corrected chi connectivity index (χ3v) is 3.71. The summed E-state index contributed by atoms with van der Waals surface area (Å²) in [6.07, 6.45) is 2.41. The molecule has 0 aliphatic carbocycles. The minimum absolute atomic E-state index is 0.0966. The van der Waals surface area contributed by atoms with E-state index in [1.807, 2.05) is 0 Å². The number of hydrogen-bond donors (Lipinski definition) is 0. The van der Waals surface area contributed by atoms with E-state index in [1.165, 1.54) is 12.4 Å². The quantitative estimate of drug-likeness (QED) is 0.746. The van der Waals surface area contributed by atoms with E-state index in [0.717, 1.165) is 0 Å². The number of aromatic nitrogens is 1. The number of halogens is 3. The molecule has 0 amide bonds. The van der Waals surface area contributed by atoms with Gasteiger partial charge in [0.2, 0.25) is 0 Å². The summed E-state index contributed by atoms with van der Waals surface area (Å²) < 4.78 is 33.8. The first-order chi connectivity index (χ1) is 5.43. The van der Waals surface area contributed by atoms with Crippen LogP contribution < -0.4 is 0 Å². The van der Waals surface area contributed by atoms with Crippen molar-refractivity contribution in [1.82, 2.24) is 4.98 Å². The van der Waals surface area contributed by atoms with Crippen LogP contribution >= 0.6 is 31.9 Å². The van der Waals surface area contributed by atoms with Crippen molar-refractivity contribution < 1.29 is 12.3 Å². The highest BCUT2D eigenvalue weighted by Gasteiger charge is 2.19. The second-order valence-electron chi connectivity index (χ2n) is 1.87. The van der Waals surface area contributed by atoms with Crippen molar-refractivity contribution in [2.45, 2.75) is 4.90 Å².